The van der Waals surface area contributed by atoms with Crippen molar-refractivity contribution in [2.45, 2.75) is 17.8 Å². The summed E-state index contributed by atoms with van der Waals surface area (Å²) in [7, 11) is 0. The van der Waals surface area contributed by atoms with Crippen LogP contribution >= 0.6 is 11.8 Å². The maximum Gasteiger partial charge on any atom is 0.252 e. The zero-order chi connectivity index (χ0) is 20.1. The van der Waals surface area contributed by atoms with E-state index in [4.69, 9.17) is 9.26 Å². The highest BCUT2D eigenvalue weighted by Gasteiger charge is 2.11. The lowest BCUT2D eigenvalue weighted by Gasteiger charge is -2.03. The van der Waals surface area contributed by atoms with E-state index in [9.17, 15) is 4.79 Å². The fourth-order valence-electron chi connectivity index (χ4n) is 2.71. The van der Waals surface area contributed by atoms with Crippen LogP contribution < -0.4 is 10.3 Å². The van der Waals surface area contributed by atoms with Crippen LogP contribution in [0.15, 0.2) is 75.1 Å². The molecule has 0 saturated carbocycles. The van der Waals surface area contributed by atoms with Crippen LogP contribution in [0.3, 0.4) is 0 Å². The quantitative estimate of drug-likeness (QED) is 0.363. The number of ether oxygens (including phenoxy) is 1. The first-order chi connectivity index (χ1) is 14.2. The number of hydrogen-bond acceptors (Lipinski definition) is 7. The molecule has 0 aliphatic heterocycles. The van der Waals surface area contributed by atoms with Crippen molar-refractivity contribution >= 4 is 11.8 Å². The van der Waals surface area contributed by atoms with Gasteiger partial charge in [-0.2, -0.15) is 4.98 Å². The molecule has 0 spiro atoms. The molecule has 4 rings (SSSR count). The van der Waals surface area contributed by atoms with Crippen molar-refractivity contribution in [3.05, 3.63) is 76.9 Å². The minimum absolute atomic E-state index is 0.208. The highest BCUT2D eigenvalue weighted by Crippen LogP contribution is 2.24. The molecule has 2 aromatic carbocycles. The Bertz CT molecular complexity index is 1160. The van der Waals surface area contributed by atoms with Gasteiger partial charge in [0.05, 0.1) is 18.1 Å². The molecule has 0 radical (unpaired) electrons. The normalized spacial score (nSPS) is 10.8. The monoisotopic (exact) mass is 406 g/mol. The van der Waals surface area contributed by atoms with Crippen molar-refractivity contribution in [2.24, 2.45) is 0 Å². The molecule has 146 valence electrons. The maximum absolute atomic E-state index is 12.0. The Labute approximate surface area is 171 Å². The van der Waals surface area contributed by atoms with Crippen LogP contribution in [0.2, 0.25) is 0 Å². The second kappa shape index (κ2) is 8.74. The van der Waals surface area contributed by atoms with Crippen molar-refractivity contribution < 1.29 is 9.26 Å². The summed E-state index contributed by atoms with van der Waals surface area (Å²) in [4.78, 5) is 23.7. The van der Waals surface area contributed by atoms with E-state index in [0.717, 1.165) is 16.9 Å². The van der Waals surface area contributed by atoms with E-state index in [1.165, 1.54) is 17.8 Å². The molecule has 4 aromatic rings. The summed E-state index contributed by atoms with van der Waals surface area (Å²) in [5, 5.41) is 4.53. The number of thioether (sulfide) groups is 1. The summed E-state index contributed by atoms with van der Waals surface area (Å²) in [5.74, 6) is 2.07. The molecule has 0 aliphatic rings. The number of nitrogens with one attached hydrogen (secondary N) is 1. The summed E-state index contributed by atoms with van der Waals surface area (Å²) < 4.78 is 10.8. The van der Waals surface area contributed by atoms with Crippen molar-refractivity contribution in [3.8, 4) is 28.4 Å². The van der Waals surface area contributed by atoms with Crippen molar-refractivity contribution in [3.63, 3.8) is 0 Å². The topological polar surface area (TPSA) is 93.9 Å². The molecule has 0 atom stereocenters. The van der Waals surface area contributed by atoms with Gasteiger partial charge in [-0.15, -0.1) is 0 Å². The van der Waals surface area contributed by atoms with Crippen LogP contribution in [0.4, 0.5) is 0 Å². The van der Waals surface area contributed by atoms with Crippen LogP contribution in [-0.2, 0) is 5.75 Å². The minimum atomic E-state index is -0.208. The van der Waals surface area contributed by atoms with E-state index >= 15 is 0 Å². The summed E-state index contributed by atoms with van der Waals surface area (Å²) in [6.45, 7) is 2.52. The summed E-state index contributed by atoms with van der Waals surface area (Å²) in [5.41, 5.74) is 2.11. The molecule has 0 aliphatic carbocycles. The number of aromatic nitrogens is 4. The van der Waals surface area contributed by atoms with Gasteiger partial charge >= 0.3 is 0 Å². The molecule has 2 heterocycles. The molecule has 2 aromatic heterocycles. The Morgan fingerprint density at radius 1 is 1.03 bits per heavy atom. The number of hydrogen-bond donors (Lipinski definition) is 1. The standard InChI is InChI=1S/C21H18N4O3S/c1-2-27-16-10-6-9-15(11-16)20-24-19(28-25-20)13-29-21-22-17(12-18(26)23-21)14-7-4-3-5-8-14/h3-12H,2,13H2,1H3,(H,22,23,26). The van der Waals surface area contributed by atoms with Gasteiger partial charge in [0.1, 0.15) is 5.75 Å². The minimum Gasteiger partial charge on any atom is -0.494 e. The highest BCUT2D eigenvalue weighted by atomic mass is 32.2. The zero-order valence-corrected chi connectivity index (χ0v) is 16.5. The molecule has 0 amide bonds. The third-order valence-electron chi connectivity index (χ3n) is 3.99. The highest BCUT2D eigenvalue weighted by molar-refractivity contribution is 7.98. The van der Waals surface area contributed by atoms with E-state index < -0.39 is 0 Å². The molecular weight excluding hydrogens is 388 g/mol. The lowest BCUT2D eigenvalue weighted by molar-refractivity contribution is 0.340. The molecule has 29 heavy (non-hydrogen) atoms. The van der Waals surface area contributed by atoms with Crippen molar-refractivity contribution in [1.29, 1.82) is 0 Å². The first kappa shape index (κ1) is 18.9. The molecule has 0 fully saturated rings. The Hall–Kier alpha value is -3.39. The Balaban J connectivity index is 1.49. The van der Waals surface area contributed by atoms with Crippen LogP contribution in [0.25, 0.3) is 22.6 Å². The van der Waals surface area contributed by atoms with Gasteiger partial charge in [-0.25, -0.2) is 4.98 Å². The van der Waals surface area contributed by atoms with E-state index in [-0.39, 0.29) is 5.56 Å². The van der Waals surface area contributed by atoms with Gasteiger partial charge in [0, 0.05) is 17.2 Å². The van der Waals surface area contributed by atoms with Gasteiger partial charge in [0.15, 0.2) is 5.16 Å². The third kappa shape index (κ3) is 4.72. The number of aromatic amines is 1. The number of benzene rings is 2. The van der Waals surface area contributed by atoms with Gasteiger partial charge in [0.25, 0.3) is 5.56 Å². The maximum atomic E-state index is 12.0. The average molecular weight is 406 g/mol. The third-order valence-corrected chi connectivity index (χ3v) is 4.85. The predicted octanol–water partition coefficient (Wildman–Crippen LogP) is 4.18. The zero-order valence-electron chi connectivity index (χ0n) is 15.7. The van der Waals surface area contributed by atoms with Crippen LogP contribution in [0.5, 0.6) is 5.75 Å². The van der Waals surface area contributed by atoms with E-state index in [0.29, 0.717) is 34.9 Å². The largest absolute Gasteiger partial charge is 0.494 e. The lowest BCUT2D eigenvalue weighted by atomic mass is 10.1. The Morgan fingerprint density at radius 2 is 1.86 bits per heavy atom. The second-order valence-electron chi connectivity index (χ2n) is 6.06. The van der Waals surface area contributed by atoms with Gasteiger partial charge in [-0.1, -0.05) is 59.4 Å². The smallest absolute Gasteiger partial charge is 0.252 e. The van der Waals surface area contributed by atoms with Crippen molar-refractivity contribution in [1.82, 2.24) is 20.1 Å². The molecule has 1 N–H and O–H groups in total. The number of H-pyrrole nitrogens is 1. The summed E-state index contributed by atoms with van der Waals surface area (Å²) in [6.07, 6.45) is 0. The van der Waals surface area contributed by atoms with Gasteiger partial charge in [-0.3, -0.25) is 4.79 Å². The molecule has 0 unspecified atom stereocenters. The SMILES string of the molecule is CCOc1cccc(-c2noc(CSc3nc(-c4ccccc4)cc(=O)[nH]3)n2)c1. The van der Waals surface area contributed by atoms with Gasteiger partial charge < -0.3 is 14.2 Å². The van der Waals surface area contributed by atoms with Crippen molar-refractivity contribution in [2.75, 3.05) is 6.61 Å². The van der Waals surface area contributed by atoms with E-state index in [1.54, 1.807) is 0 Å². The van der Waals surface area contributed by atoms with E-state index in [2.05, 4.69) is 20.1 Å². The molecule has 7 nitrogen and oxygen atoms in total. The van der Waals surface area contributed by atoms with Crippen LogP contribution in [-0.4, -0.2) is 26.7 Å². The van der Waals surface area contributed by atoms with Gasteiger partial charge in [0.2, 0.25) is 11.7 Å². The molecule has 8 heteroatoms. The van der Waals surface area contributed by atoms with Crippen LogP contribution in [0, 0.1) is 0 Å². The Kier molecular flexibility index (Phi) is 5.71. The lowest BCUT2D eigenvalue weighted by Crippen LogP contribution is -2.08. The van der Waals surface area contributed by atoms with Gasteiger partial charge in [-0.05, 0) is 19.1 Å². The summed E-state index contributed by atoms with van der Waals surface area (Å²) >= 11 is 1.33. The average Bonchev–Trinajstić information content (AvgIpc) is 3.22. The number of nitrogens with zero attached hydrogens (tertiary/aromatic N) is 3. The molecular formula is C21H18N4O3S. The molecule has 0 bridgehead atoms. The number of rotatable bonds is 7. The second-order valence-corrected chi connectivity index (χ2v) is 7.03. The van der Waals surface area contributed by atoms with E-state index in [1.807, 2.05) is 61.5 Å². The first-order valence-electron chi connectivity index (χ1n) is 9.06. The van der Waals surface area contributed by atoms with Crippen LogP contribution in [0.1, 0.15) is 12.8 Å². The fourth-order valence-corrected chi connectivity index (χ4v) is 3.43. The molecule has 0 saturated heterocycles. The fraction of sp³-hybridized carbons (Fsp3) is 0.143. The Morgan fingerprint density at radius 3 is 2.69 bits per heavy atom. The predicted molar refractivity (Wildman–Crippen MR) is 111 cm³/mol. The first-order valence-corrected chi connectivity index (χ1v) is 10.1. The summed E-state index contributed by atoms with van der Waals surface area (Å²) in [6, 6.07) is 18.6.